The molecule has 0 aromatic carbocycles. The van der Waals surface area contributed by atoms with E-state index in [4.69, 9.17) is 5.73 Å². The second-order valence-corrected chi connectivity index (χ2v) is 5.66. The summed E-state index contributed by atoms with van der Waals surface area (Å²) in [5.74, 6) is -1.18. The Bertz CT molecular complexity index is 403. The van der Waals surface area contributed by atoms with Crippen molar-refractivity contribution in [2.24, 2.45) is 27.6 Å². The Labute approximate surface area is 107 Å². The van der Waals surface area contributed by atoms with Crippen LogP contribution in [0.3, 0.4) is 0 Å². The monoisotopic (exact) mass is 255 g/mol. The molecule has 0 aromatic rings. The van der Waals surface area contributed by atoms with E-state index >= 15 is 0 Å². The van der Waals surface area contributed by atoms with Crippen LogP contribution in [-0.4, -0.2) is 22.8 Å². The molecule has 0 spiro atoms. The average Bonchev–Trinajstić information content (AvgIpc) is 2.47. The lowest BCUT2D eigenvalue weighted by molar-refractivity contribution is -0.145. The van der Waals surface area contributed by atoms with Crippen LogP contribution in [-0.2, 0) is 4.79 Å². The highest BCUT2D eigenvalue weighted by Crippen LogP contribution is 2.56. The number of nitrogens with one attached hydrogen (secondary N) is 1. The number of hydrogen-bond acceptors (Lipinski definition) is 3. The molecule has 0 aliphatic heterocycles. The lowest BCUT2D eigenvalue weighted by atomic mass is 9.63. The van der Waals surface area contributed by atoms with Gasteiger partial charge in [0.15, 0.2) is 0 Å². The predicted molar refractivity (Wildman–Crippen MR) is 68.1 cm³/mol. The fourth-order valence-electron chi connectivity index (χ4n) is 2.84. The molecule has 2 amide bonds. The third kappa shape index (κ3) is 2.19. The van der Waals surface area contributed by atoms with E-state index in [0.29, 0.717) is 12.1 Å². The first kappa shape index (κ1) is 14.5. The molecule has 6 heteroatoms. The van der Waals surface area contributed by atoms with E-state index in [1.807, 2.05) is 20.8 Å². The number of primary amides is 1. The van der Waals surface area contributed by atoms with Crippen molar-refractivity contribution < 1.29 is 14.7 Å². The van der Waals surface area contributed by atoms with Gasteiger partial charge in [-0.15, -0.1) is 0 Å². The molecule has 0 aromatic heterocycles. The number of nitrogens with two attached hydrogens (primary N) is 1. The summed E-state index contributed by atoms with van der Waals surface area (Å²) in [6, 6.07) is -0.719. The van der Waals surface area contributed by atoms with Crippen molar-refractivity contribution in [1.82, 2.24) is 5.43 Å². The topological polar surface area (TPSA) is 105 Å². The SMILES string of the molecule is C/C(=N/NC(N)=O)[C@@]1(C)CC[C@@H](C(=O)O)C1(C)C. The molecular weight excluding hydrogens is 234 g/mol. The molecule has 0 unspecified atom stereocenters. The first-order valence-electron chi connectivity index (χ1n) is 5.96. The molecule has 2 atom stereocenters. The molecule has 1 saturated carbocycles. The zero-order valence-corrected chi connectivity index (χ0v) is 11.3. The van der Waals surface area contributed by atoms with Crippen LogP contribution in [0.5, 0.6) is 0 Å². The molecule has 0 saturated heterocycles. The zero-order chi connectivity index (χ0) is 14.1. The Kier molecular flexibility index (Phi) is 3.69. The average molecular weight is 255 g/mol. The summed E-state index contributed by atoms with van der Waals surface area (Å²) in [5.41, 5.74) is 7.10. The van der Waals surface area contributed by atoms with E-state index in [-0.39, 0.29) is 5.41 Å². The minimum atomic E-state index is -0.778. The largest absolute Gasteiger partial charge is 0.481 e. The Hall–Kier alpha value is -1.59. The number of carbonyl (C=O) groups is 2. The highest BCUT2D eigenvalue weighted by Gasteiger charge is 2.55. The van der Waals surface area contributed by atoms with E-state index in [2.05, 4.69) is 10.5 Å². The number of urea groups is 1. The van der Waals surface area contributed by atoms with Crippen LogP contribution in [0.25, 0.3) is 0 Å². The molecule has 1 aliphatic rings. The van der Waals surface area contributed by atoms with Crippen molar-refractivity contribution in [2.45, 2.75) is 40.5 Å². The quantitative estimate of drug-likeness (QED) is 0.526. The van der Waals surface area contributed by atoms with Gasteiger partial charge in [0.25, 0.3) is 0 Å². The van der Waals surface area contributed by atoms with Crippen molar-refractivity contribution in [1.29, 1.82) is 0 Å². The molecule has 1 aliphatic carbocycles. The summed E-state index contributed by atoms with van der Waals surface area (Å²) in [4.78, 5) is 21.9. The van der Waals surface area contributed by atoms with Crippen molar-refractivity contribution in [3.8, 4) is 0 Å². The van der Waals surface area contributed by atoms with Crippen molar-refractivity contribution in [3.63, 3.8) is 0 Å². The highest BCUT2D eigenvalue weighted by atomic mass is 16.4. The van der Waals surface area contributed by atoms with Crippen LogP contribution in [0.2, 0.25) is 0 Å². The molecule has 1 rings (SSSR count). The van der Waals surface area contributed by atoms with Gasteiger partial charge in [-0.1, -0.05) is 20.8 Å². The number of rotatable bonds is 3. The van der Waals surface area contributed by atoms with E-state index in [1.54, 1.807) is 6.92 Å². The van der Waals surface area contributed by atoms with Crippen molar-refractivity contribution in [3.05, 3.63) is 0 Å². The van der Waals surface area contributed by atoms with E-state index in [9.17, 15) is 14.7 Å². The van der Waals surface area contributed by atoms with Crippen LogP contribution in [0.4, 0.5) is 4.79 Å². The van der Waals surface area contributed by atoms with E-state index in [1.165, 1.54) is 0 Å². The van der Waals surface area contributed by atoms with Crippen molar-refractivity contribution in [2.75, 3.05) is 0 Å². The number of aliphatic carboxylic acids is 1. The van der Waals surface area contributed by atoms with E-state index in [0.717, 1.165) is 6.42 Å². The van der Waals surface area contributed by atoms with Gasteiger partial charge >= 0.3 is 12.0 Å². The summed E-state index contributed by atoms with van der Waals surface area (Å²) in [7, 11) is 0. The molecule has 4 N–H and O–H groups in total. The lowest BCUT2D eigenvalue weighted by Crippen LogP contribution is -2.42. The second kappa shape index (κ2) is 4.59. The summed E-state index contributed by atoms with van der Waals surface area (Å²) in [6.45, 7) is 7.64. The number of carboxylic acids is 1. The second-order valence-electron chi connectivity index (χ2n) is 5.66. The molecule has 0 bridgehead atoms. The number of carboxylic acid groups (broad SMARTS) is 1. The van der Waals surface area contributed by atoms with Gasteiger partial charge in [0.2, 0.25) is 0 Å². The van der Waals surface area contributed by atoms with Gasteiger partial charge in [-0.3, -0.25) is 4.79 Å². The summed E-state index contributed by atoms with van der Waals surface area (Å²) in [6.07, 6.45) is 1.34. The molecule has 0 heterocycles. The smallest absolute Gasteiger partial charge is 0.332 e. The normalized spacial score (nSPS) is 31.1. The third-order valence-electron chi connectivity index (χ3n) is 4.66. The fourth-order valence-corrected chi connectivity index (χ4v) is 2.84. The van der Waals surface area contributed by atoms with Crippen LogP contribution in [0.15, 0.2) is 5.10 Å². The van der Waals surface area contributed by atoms with Crippen molar-refractivity contribution >= 4 is 17.7 Å². The van der Waals surface area contributed by atoms with Gasteiger partial charge in [-0.2, -0.15) is 5.10 Å². The van der Waals surface area contributed by atoms with Crippen LogP contribution in [0.1, 0.15) is 40.5 Å². The maximum Gasteiger partial charge on any atom is 0.332 e. The number of carbonyl (C=O) groups excluding carboxylic acids is 1. The molecule has 6 nitrogen and oxygen atoms in total. The minimum Gasteiger partial charge on any atom is -0.481 e. The van der Waals surface area contributed by atoms with E-state index < -0.39 is 23.3 Å². The standard InChI is InChI=1S/C12H21N3O3/c1-7(14-15-10(13)18)12(4)6-5-8(9(16)17)11(12,2)3/h8H,5-6H2,1-4H3,(H,16,17)(H3,13,15,18)/b14-7-/t8-,12+/m0/s1. The summed E-state index contributed by atoms with van der Waals surface area (Å²) in [5, 5.41) is 13.2. The first-order chi connectivity index (χ1) is 8.13. The Morgan fingerprint density at radius 2 is 1.94 bits per heavy atom. The molecular formula is C12H21N3O3. The number of hydrazone groups is 1. The number of amides is 2. The molecule has 18 heavy (non-hydrogen) atoms. The Morgan fingerprint density at radius 1 is 1.39 bits per heavy atom. The molecule has 0 radical (unpaired) electrons. The minimum absolute atomic E-state index is 0.363. The number of nitrogens with zero attached hydrogens (tertiary/aromatic N) is 1. The van der Waals surface area contributed by atoms with Crippen LogP contribution >= 0.6 is 0 Å². The van der Waals surface area contributed by atoms with Crippen LogP contribution < -0.4 is 11.2 Å². The fraction of sp³-hybridized carbons (Fsp3) is 0.750. The van der Waals surface area contributed by atoms with Gasteiger partial charge in [-0.05, 0) is 25.2 Å². The number of hydrogen-bond donors (Lipinski definition) is 3. The van der Waals surface area contributed by atoms with Crippen LogP contribution in [0, 0.1) is 16.7 Å². The first-order valence-corrected chi connectivity index (χ1v) is 5.96. The maximum absolute atomic E-state index is 11.3. The molecule has 1 fully saturated rings. The molecule has 102 valence electrons. The summed E-state index contributed by atoms with van der Waals surface area (Å²) < 4.78 is 0. The van der Waals surface area contributed by atoms with Gasteiger partial charge in [0.05, 0.1) is 5.92 Å². The van der Waals surface area contributed by atoms with Gasteiger partial charge in [-0.25, -0.2) is 10.2 Å². The van der Waals surface area contributed by atoms with Gasteiger partial charge in [0.1, 0.15) is 0 Å². The zero-order valence-electron chi connectivity index (χ0n) is 11.3. The lowest BCUT2D eigenvalue weighted by Gasteiger charge is -2.40. The Balaban J connectivity index is 3.04. The summed E-state index contributed by atoms with van der Waals surface area (Å²) >= 11 is 0. The van der Waals surface area contributed by atoms with Gasteiger partial charge < -0.3 is 10.8 Å². The van der Waals surface area contributed by atoms with Gasteiger partial charge in [0, 0.05) is 11.1 Å². The third-order valence-corrected chi connectivity index (χ3v) is 4.66. The highest BCUT2D eigenvalue weighted by molar-refractivity contribution is 5.91. The predicted octanol–water partition coefficient (Wildman–Crippen LogP) is 1.56. The maximum atomic E-state index is 11.3. The Morgan fingerprint density at radius 3 is 2.33 bits per heavy atom.